The van der Waals surface area contributed by atoms with E-state index in [0.29, 0.717) is 0 Å². The highest BCUT2D eigenvalue weighted by molar-refractivity contribution is 5.89. The van der Waals surface area contributed by atoms with Crippen molar-refractivity contribution in [3.63, 3.8) is 0 Å². The van der Waals surface area contributed by atoms with Crippen molar-refractivity contribution in [3.8, 4) is 12.3 Å². The van der Waals surface area contributed by atoms with Gasteiger partial charge in [-0.3, -0.25) is 23.7 Å². The molecule has 234 valence electrons. The van der Waals surface area contributed by atoms with E-state index in [4.69, 9.17) is 34.8 Å². The van der Waals surface area contributed by atoms with Gasteiger partial charge in [0.05, 0.1) is 14.1 Å². The molecule has 42 heavy (non-hydrogen) atoms. The molecular weight excluding hydrogens is 579 g/mol. The number of hydrogen-bond donors (Lipinski definition) is 0. The molecule has 0 N–H and O–H groups in total. The topological polar surface area (TPSA) is 167 Å². The summed E-state index contributed by atoms with van der Waals surface area (Å²) in [6.07, 6.45) is -10.4. The number of carbonyl (C=O) groups is 6. The lowest BCUT2D eigenvalue weighted by Crippen LogP contribution is -2.63. The number of rotatable bonds is 11. The summed E-state index contributed by atoms with van der Waals surface area (Å²) in [5, 5.41) is 0. The Morgan fingerprint density at radius 2 is 1.36 bits per heavy atom. The van der Waals surface area contributed by atoms with Crippen molar-refractivity contribution in [2.45, 2.75) is 70.8 Å². The number of likely N-dealkylation sites (N-methyl/N-ethyl adjacent to an activating group) is 1. The van der Waals surface area contributed by atoms with Gasteiger partial charge < -0.3 is 33.2 Å². The molecule has 0 bridgehead atoms. The lowest BCUT2D eigenvalue weighted by Gasteiger charge is -2.43. The maximum absolute atomic E-state index is 12.9. The van der Waals surface area contributed by atoms with Crippen molar-refractivity contribution in [2.75, 3.05) is 27.2 Å². The van der Waals surface area contributed by atoms with Crippen LogP contribution in [0.25, 0.3) is 0 Å². The first-order valence-electron chi connectivity index (χ1n) is 11.9. The highest BCUT2D eigenvalue weighted by Crippen LogP contribution is 2.30. The van der Waals surface area contributed by atoms with Gasteiger partial charge in [0.15, 0.2) is 12.2 Å². The fourth-order valence-electron chi connectivity index (χ4n) is 3.72. The highest BCUT2D eigenvalue weighted by Gasteiger charge is 2.54. The minimum Gasteiger partial charge on any atom is -0.459 e. The molecule has 0 saturated carbocycles. The van der Waals surface area contributed by atoms with Crippen LogP contribution in [0.3, 0.4) is 0 Å². The van der Waals surface area contributed by atoms with Gasteiger partial charge in [-0.05, 0) is 5.92 Å². The Balaban J connectivity index is 3.39. The molecule has 17 heteroatoms. The van der Waals surface area contributed by atoms with E-state index in [-0.39, 0.29) is 6.54 Å². The van der Waals surface area contributed by atoms with Gasteiger partial charge in [-0.15, -0.1) is 6.42 Å². The van der Waals surface area contributed by atoms with Gasteiger partial charge in [0.1, 0.15) is 24.8 Å². The molecule has 0 radical (unpaired) electrons. The second-order valence-electron chi connectivity index (χ2n) is 9.39. The van der Waals surface area contributed by atoms with Crippen LogP contribution in [-0.4, -0.2) is 111 Å². The van der Waals surface area contributed by atoms with Crippen LogP contribution in [0, 0.1) is 12.3 Å². The monoisotopic (exact) mass is 610 g/mol. The first-order valence-corrected chi connectivity index (χ1v) is 11.9. The third-order valence-corrected chi connectivity index (χ3v) is 5.30. The fraction of sp³-hybridized carbons (Fsp3) is 0.600. The molecule has 1 saturated heterocycles. The average molecular weight is 611 g/mol. The molecule has 1 heterocycles. The smallest absolute Gasteiger partial charge is 0.459 e. The van der Waals surface area contributed by atoms with E-state index in [2.05, 4.69) is 17.2 Å². The van der Waals surface area contributed by atoms with Gasteiger partial charge in [-0.1, -0.05) is 6.58 Å². The second-order valence-corrected chi connectivity index (χ2v) is 9.39. The Kier molecular flexibility index (Phi) is 12.5. The first kappa shape index (κ1) is 35.9. The van der Waals surface area contributed by atoms with Crippen molar-refractivity contribution in [1.82, 2.24) is 0 Å². The van der Waals surface area contributed by atoms with E-state index in [1.165, 1.54) is 14.1 Å². The number of terminal acetylenes is 1. The van der Waals surface area contributed by atoms with Crippen molar-refractivity contribution >= 4 is 35.8 Å². The van der Waals surface area contributed by atoms with Crippen LogP contribution >= 0.6 is 0 Å². The number of ether oxygens (including phenoxy) is 7. The maximum atomic E-state index is 12.9. The summed E-state index contributed by atoms with van der Waals surface area (Å²) in [5.74, 6) is -5.58. The molecule has 6 atom stereocenters. The summed E-state index contributed by atoms with van der Waals surface area (Å²) >= 11 is 0. The zero-order valence-electron chi connectivity index (χ0n) is 23.6. The summed E-state index contributed by atoms with van der Waals surface area (Å²) in [6, 6.07) is 0. The lowest BCUT2D eigenvalue weighted by molar-refractivity contribution is -0.922. The Hall–Kier alpha value is -4.17. The van der Waals surface area contributed by atoms with Crippen molar-refractivity contribution in [3.05, 3.63) is 12.2 Å². The summed E-state index contributed by atoms with van der Waals surface area (Å²) in [5.41, 5.74) is -0.765. The molecule has 1 fully saturated rings. The molecule has 0 aromatic carbocycles. The SMILES string of the molecule is C#CC[N+](C)(C)C(OC(=O)C(F)(F)F)C(=C)C(=O)OC[C@H]1OC(OC(C)=O)[C@H](OC(C)=O)[C@@H](OC(C)=O)[C@@H]1OC(C)=O. The highest BCUT2D eigenvalue weighted by atomic mass is 19.4. The Bertz CT molecular complexity index is 1130. The normalized spacial score (nSPS) is 22.8. The van der Waals surface area contributed by atoms with Gasteiger partial charge in [0.2, 0.25) is 12.4 Å². The minimum atomic E-state index is -5.41. The van der Waals surface area contributed by atoms with E-state index in [9.17, 15) is 41.9 Å². The van der Waals surface area contributed by atoms with Gasteiger partial charge >= 0.3 is 42.0 Å². The van der Waals surface area contributed by atoms with Crippen LogP contribution in [0.4, 0.5) is 13.2 Å². The molecule has 1 rings (SSSR count). The Morgan fingerprint density at radius 3 is 1.81 bits per heavy atom. The molecule has 0 amide bonds. The predicted octanol–water partition coefficient (Wildman–Crippen LogP) is 0.310. The minimum absolute atomic E-state index is 0.311. The summed E-state index contributed by atoms with van der Waals surface area (Å²) in [6.45, 7) is 6.12. The quantitative estimate of drug-likeness (QED) is 0.0784. The van der Waals surface area contributed by atoms with Gasteiger partial charge in [0.25, 0.3) is 6.23 Å². The average Bonchev–Trinajstić information content (AvgIpc) is 2.82. The maximum Gasteiger partial charge on any atom is 0.491 e. The van der Waals surface area contributed by atoms with Gasteiger partial charge in [-0.25, -0.2) is 9.59 Å². The molecule has 0 aromatic rings. The molecule has 14 nitrogen and oxygen atoms in total. The van der Waals surface area contributed by atoms with Crippen LogP contribution in [0.1, 0.15) is 27.7 Å². The molecule has 0 aromatic heterocycles. The van der Waals surface area contributed by atoms with Crippen LogP contribution in [0.15, 0.2) is 12.2 Å². The van der Waals surface area contributed by atoms with Crippen LogP contribution in [0.2, 0.25) is 0 Å². The first-order chi connectivity index (χ1) is 19.2. The second kappa shape index (κ2) is 14.6. The number of nitrogens with zero attached hydrogens (tertiary/aromatic N) is 1. The van der Waals surface area contributed by atoms with Crippen LogP contribution in [0.5, 0.6) is 0 Å². The van der Waals surface area contributed by atoms with Crippen LogP contribution in [-0.2, 0) is 61.9 Å². The third kappa shape index (κ3) is 10.3. The van der Waals surface area contributed by atoms with Gasteiger partial charge in [0, 0.05) is 27.7 Å². The van der Waals surface area contributed by atoms with Crippen molar-refractivity contribution in [1.29, 1.82) is 0 Å². The Labute approximate surface area is 238 Å². The number of alkyl halides is 3. The largest absolute Gasteiger partial charge is 0.491 e. The van der Waals surface area contributed by atoms with Crippen molar-refractivity contribution < 1.29 is 79.6 Å². The number of halogens is 3. The van der Waals surface area contributed by atoms with E-state index in [1.54, 1.807) is 0 Å². The summed E-state index contributed by atoms with van der Waals surface area (Å²) in [4.78, 5) is 71.7. The zero-order valence-corrected chi connectivity index (χ0v) is 23.6. The van der Waals surface area contributed by atoms with E-state index in [1.807, 2.05) is 0 Å². The van der Waals surface area contributed by atoms with E-state index in [0.717, 1.165) is 27.7 Å². The molecule has 1 aliphatic rings. The zero-order chi connectivity index (χ0) is 32.6. The summed E-state index contributed by atoms with van der Waals surface area (Å²) in [7, 11) is 2.52. The third-order valence-electron chi connectivity index (χ3n) is 5.30. The lowest BCUT2D eigenvalue weighted by atomic mass is 9.98. The van der Waals surface area contributed by atoms with Crippen molar-refractivity contribution in [2.24, 2.45) is 0 Å². The number of hydrogen-bond acceptors (Lipinski definition) is 13. The fourth-order valence-corrected chi connectivity index (χ4v) is 3.72. The standard InChI is InChI=1S/C25H31F3NO13/c1-9-10-29(7,8)21(42-24(35)25(26,27)28)12(2)22(34)36-11-17-18(37-13(3)30)19(38-14(4)31)20(39-15(5)32)23(41-17)40-16(6)33/h1,17-21,23H,2,10-11H2,3-8H3/q+1/t17-,18-,19+,20-,21?,23?/m1/s1. The predicted molar refractivity (Wildman–Crippen MR) is 129 cm³/mol. The van der Waals surface area contributed by atoms with Crippen LogP contribution < -0.4 is 0 Å². The number of carbonyl (C=O) groups excluding carboxylic acids is 6. The summed E-state index contributed by atoms with van der Waals surface area (Å²) < 4.78 is 73.8. The van der Waals surface area contributed by atoms with E-state index < -0.39 is 95.6 Å². The molecule has 0 aliphatic carbocycles. The molecule has 0 spiro atoms. The Morgan fingerprint density at radius 1 is 0.881 bits per heavy atom. The molecular formula is C25H31F3NO13+. The molecule has 1 aliphatic heterocycles. The molecule has 2 unspecified atom stereocenters. The van der Waals surface area contributed by atoms with Gasteiger partial charge in [-0.2, -0.15) is 13.2 Å². The van der Waals surface area contributed by atoms with E-state index >= 15 is 0 Å². The number of quaternary nitrogens is 1. The number of esters is 6.